The van der Waals surface area contributed by atoms with E-state index in [2.05, 4.69) is 13.8 Å². The van der Waals surface area contributed by atoms with Gasteiger partial charge in [-0.1, -0.05) is 67.9 Å². The second kappa shape index (κ2) is 9.59. The molecule has 5 nitrogen and oxygen atoms in total. The van der Waals surface area contributed by atoms with Crippen molar-refractivity contribution in [2.24, 2.45) is 0 Å². The van der Waals surface area contributed by atoms with E-state index in [1.807, 2.05) is 43.3 Å². The second-order valence-corrected chi connectivity index (χ2v) is 8.93. The molecule has 1 atom stereocenters. The van der Waals surface area contributed by atoms with Crippen LogP contribution in [0.1, 0.15) is 53.2 Å². The van der Waals surface area contributed by atoms with Crippen LogP contribution in [0.25, 0.3) is 0 Å². The van der Waals surface area contributed by atoms with Gasteiger partial charge in [0.1, 0.15) is 11.9 Å². The molecular formula is C28H27FN2O3. The van der Waals surface area contributed by atoms with E-state index < -0.39 is 23.7 Å². The highest BCUT2D eigenvalue weighted by atomic mass is 19.1. The molecule has 1 aliphatic rings. The van der Waals surface area contributed by atoms with E-state index >= 15 is 0 Å². The number of hydrogen-bond acceptors (Lipinski definition) is 3. The van der Waals surface area contributed by atoms with E-state index in [0.717, 1.165) is 21.6 Å². The van der Waals surface area contributed by atoms with Gasteiger partial charge in [0, 0.05) is 6.54 Å². The van der Waals surface area contributed by atoms with Gasteiger partial charge in [-0.15, -0.1) is 0 Å². The monoisotopic (exact) mass is 458 g/mol. The maximum absolute atomic E-state index is 14.5. The van der Waals surface area contributed by atoms with Crippen molar-refractivity contribution in [3.05, 3.63) is 101 Å². The lowest BCUT2D eigenvalue weighted by molar-refractivity contribution is -0.122. The highest BCUT2D eigenvalue weighted by Crippen LogP contribution is 2.29. The van der Waals surface area contributed by atoms with Crippen molar-refractivity contribution in [3.63, 3.8) is 0 Å². The molecule has 1 saturated heterocycles. The molecule has 3 aromatic rings. The number of amides is 3. The van der Waals surface area contributed by atoms with Gasteiger partial charge in [-0.2, -0.15) is 0 Å². The first-order chi connectivity index (χ1) is 16.3. The maximum Gasteiger partial charge on any atom is 0.257 e. The number of nitrogens with zero attached hydrogens (tertiary/aromatic N) is 2. The van der Waals surface area contributed by atoms with Crippen LogP contribution in [0.15, 0.2) is 72.8 Å². The van der Waals surface area contributed by atoms with E-state index in [-0.39, 0.29) is 24.4 Å². The predicted molar refractivity (Wildman–Crippen MR) is 129 cm³/mol. The Morgan fingerprint density at radius 3 is 2.26 bits per heavy atom. The van der Waals surface area contributed by atoms with Gasteiger partial charge in [-0.3, -0.25) is 14.4 Å². The predicted octanol–water partition coefficient (Wildman–Crippen LogP) is 5.23. The first kappa shape index (κ1) is 23.4. The Bertz CT molecular complexity index is 1220. The summed E-state index contributed by atoms with van der Waals surface area (Å²) < 4.78 is 14.5. The van der Waals surface area contributed by atoms with Gasteiger partial charge in [-0.25, -0.2) is 9.29 Å². The quantitative estimate of drug-likeness (QED) is 0.475. The molecule has 0 spiro atoms. The summed E-state index contributed by atoms with van der Waals surface area (Å²) in [5.74, 6) is -1.85. The zero-order chi connectivity index (χ0) is 24.4. The molecule has 1 aliphatic heterocycles. The fraction of sp³-hybridized carbons (Fsp3) is 0.250. The molecule has 0 radical (unpaired) electrons. The van der Waals surface area contributed by atoms with Crippen LogP contribution in [0, 0.1) is 12.7 Å². The van der Waals surface area contributed by atoms with Crippen molar-refractivity contribution in [2.75, 3.05) is 4.90 Å². The molecule has 1 unspecified atom stereocenters. The number of benzene rings is 3. The van der Waals surface area contributed by atoms with E-state index in [1.54, 1.807) is 18.2 Å². The maximum atomic E-state index is 14.5. The van der Waals surface area contributed by atoms with Crippen LogP contribution >= 0.6 is 0 Å². The molecular weight excluding hydrogens is 431 g/mol. The number of carbonyl (C=O) groups excluding carboxylic acids is 3. The zero-order valence-corrected chi connectivity index (χ0v) is 19.5. The number of hydrogen-bond donors (Lipinski definition) is 0. The van der Waals surface area contributed by atoms with Gasteiger partial charge < -0.3 is 4.90 Å². The Kier molecular flexibility index (Phi) is 6.59. The van der Waals surface area contributed by atoms with Gasteiger partial charge in [0.05, 0.1) is 17.7 Å². The molecule has 3 aromatic carbocycles. The summed E-state index contributed by atoms with van der Waals surface area (Å²) in [4.78, 5) is 42.3. The highest BCUT2D eigenvalue weighted by molar-refractivity contribution is 6.23. The number of imide groups is 1. The Morgan fingerprint density at radius 1 is 1.00 bits per heavy atom. The van der Waals surface area contributed by atoms with Gasteiger partial charge in [0.15, 0.2) is 0 Å². The Balaban J connectivity index is 1.68. The lowest BCUT2D eigenvalue weighted by Crippen LogP contribution is -2.45. The first-order valence-corrected chi connectivity index (χ1v) is 11.3. The van der Waals surface area contributed by atoms with Crippen LogP contribution < -0.4 is 4.90 Å². The molecule has 34 heavy (non-hydrogen) atoms. The lowest BCUT2D eigenvalue weighted by Gasteiger charge is -2.28. The minimum absolute atomic E-state index is 0.0806. The standard InChI is InChI=1S/C28H27FN2O3/c1-18(2)21-12-14-22(15-13-21)31-26(32)16-25(28(31)34)30(17-20-10-8-19(3)9-11-20)27(33)23-6-4-5-7-24(23)29/h4-15,18,25H,16-17H2,1-3H3. The lowest BCUT2D eigenvalue weighted by atomic mass is 10.0. The molecule has 1 heterocycles. The van der Waals surface area contributed by atoms with Crippen molar-refractivity contribution < 1.29 is 18.8 Å². The normalized spacial score (nSPS) is 15.8. The highest BCUT2D eigenvalue weighted by Gasteiger charge is 2.44. The van der Waals surface area contributed by atoms with Gasteiger partial charge >= 0.3 is 0 Å². The zero-order valence-electron chi connectivity index (χ0n) is 19.5. The van der Waals surface area contributed by atoms with Crippen LogP contribution in [0.3, 0.4) is 0 Å². The number of halogens is 1. The molecule has 1 fully saturated rings. The third-order valence-electron chi connectivity index (χ3n) is 6.16. The summed E-state index contributed by atoms with van der Waals surface area (Å²) in [6.07, 6.45) is -0.156. The van der Waals surface area contributed by atoms with Gasteiger partial charge in [0.2, 0.25) is 5.91 Å². The van der Waals surface area contributed by atoms with Gasteiger partial charge in [-0.05, 0) is 48.2 Å². The van der Waals surface area contributed by atoms with Crippen LogP contribution in [0.2, 0.25) is 0 Å². The molecule has 174 valence electrons. The third-order valence-corrected chi connectivity index (χ3v) is 6.16. The van der Waals surface area contributed by atoms with Crippen LogP contribution in [-0.4, -0.2) is 28.7 Å². The fourth-order valence-electron chi connectivity index (χ4n) is 4.14. The topological polar surface area (TPSA) is 57.7 Å². The Morgan fingerprint density at radius 2 is 1.65 bits per heavy atom. The molecule has 0 aromatic heterocycles. The smallest absolute Gasteiger partial charge is 0.257 e. The minimum Gasteiger partial charge on any atom is -0.322 e. The number of carbonyl (C=O) groups is 3. The van der Waals surface area contributed by atoms with Crippen molar-refractivity contribution in [3.8, 4) is 0 Å². The fourth-order valence-corrected chi connectivity index (χ4v) is 4.14. The molecule has 0 aliphatic carbocycles. The van der Waals surface area contributed by atoms with Gasteiger partial charge in [0.25, 0.3) is 11.8 Å². The molecule has 0 N–H and O–H groups in total. The summed E-state index contributed by atoms with van der Waals surface area (Å²) in [6.45, 7) is 6.16. The summed E-state index contributed by atoms with van der Waals surface area (Å²) in [7, 11) is 0. The van der Waals surface area contributed by atoms with Crippen molar-refractivity contribution in [1.82, 2.24) is 4.90 Å². The van der Waals surface area contributed by atoms with E-state index in [4.69, 9.17) is 0 Å². The molecule has 4 rings (SSSR count). The second-order valence-electron chi connectivity index (χ2n) is 8.93. The van der Waals surface area contributed by atoms with Crippen molar-refractivity contribution in [2.45, 2.75) is 45.7 Å². The first-order valence-electron chi connectivity index (χ1n) is 11.3. The number of anilines is 1. The number of rotatable bonds is 6. The summed E-state index contributed by atoms with van der Waals surface area (Å²) >= 11 is 0. The Hall–Kier alpha value is -3.80. The van der Waals surface area contributed by atoms with E-state index in [0.29, 0.717) is 11.6 Å². The SMILES string of the molecule is Cc1ccc(CN(C(=O)c2ccccc2F)C2CC(=O)N(c3ccc(C(C)C)cc3)C2=O)cc1. The third kappa shape index (κ3) is 4.62. The average molecular weight is 459 g/mol. The molecule has 0 saturated carbocycles. The van der Waals surface area contributed by atoms with Crippen molar-refractivity contribution >= 4 is 23.4 Å². The van der Waals surface area contributed by atoms with E-state index in [9.17, 15) is 18.8 Å². The van der Waals surface area contributed by atoms with Crippen LogP contribution in [0.4, 0.5) is 10.1 Å². The Labute approximate surface area is 198 Å². The molecule has 6 heteroatoms. The van der Waals surface area contributed by atoms with Crippen LogP contribution in [-0.2, 0) is 16.1 Å². The van der Waals surface area contributed by atoms with Crippen molar-refractivity contribution in [1.29, 1.82) is 0 Å². The molecule has 3 amide bonds. The number of aryl methyl sites for hydroxylation is 1. The van der Waals surface area contributed by atoms with E-state index in [1.165, 1.54) is 23.1 Å². The summed E-state index contributed by atoms with van der Waals surface area (Å²) in [5.41, 5.74) is 3.27. The minimum atomic E-state index is -1.02. The largest absolute Gasteiger partial charge is 0.322 e. The summed E-state index contributed by atoms with van der Waals surface area (Å²) in [6, 6.07) is 19.5. The summed E-state index contributed by atoms with van der Waals surface area (Å²) in [5, 5.41) is 0. The van der Waals surface area contributed by atoms with Crippen LogP contribution in [0.5, 0.6) is 0 Å². The average Bonchev–Trinajstić information content (AvgIpc) is 3.12. The molecule has 0 bridgehead atoms.